The van der Waals surface area contributed by atoms with Gasteiger partial charge >= 0.3 is 0 Å². The summed E-state index contributed by atoms with van der Waals surface area (Å²) in [6, 6.07) is 16.3. The summed E-state index contributed by atoms with van der Waals surface area (Å²) in [6.07, 6.45) is 3.63. The summed E-state index contributed by atoms with van der Waals surface area (Å²) in [5.41, 5.74) is 2.17. The SMILES string of the molecule is COc1ccc(Oc2cc(-c3ccc(C(=O)NCC4CCCO4)cc3)ncn2)cc1. The van der Waals surface area contributed by atoms with Crippen LogP contribution in [0.15, 0.2) is 60.9 Å². The number of rotatable bonds is 7. The first-order valence-electron chi connectivity index (χ1n) is 9.85. The fourth-order valence-electron chi connectivity index (χ4n) is 3.22. The fraction of sp³-hybridized carbons (Fsp3) is 0.261. The maximum atomic E-state index is 12.3. The van der Waals surface area contributed by atoms with Crippen molar-refractivity contribution < 1.29 is 19.0 Å². The second-order valence-corrected chi connectivity index (χ2v) is 6.94. The molecule has 1 saturated heterocycles. The Bertz CT molecular complexity index is 984. The summed E-state index contributed by atoms with van der Waals surface area (Å²) in [7, 11) is 1.62. The van der Waals surface area contributed by atoms with Gasteiger partial charge in [-0.3, -0.25) is 4.79 Å². The lowest BCUT2D eigenvalue weighted by Gasteiger charge is -2.11. The lowest BCUT2D eigenvalue weighted by molar-refractivity contribution is 0.0858. The molecule has 30 heavy (non-hydrogen) atoms. The number of aromatic nitrogens is 2. The molecule has 7 nitrogen and oxygen atoms in total. The number of carbonyl (C=O) groups is 1. The van der Waals surface area contributed by atoms with Gasteiger partial charge in [-0.15, -0.1) is 0 Å². The van der Waals surface area contributed by atoms with E-state index in [-0.39, 0.29) is 12.0 Å². The van der Waals surface area contributed by atoms with E-state index in [9.17, 15) is 4.79 Å². The smallest absolute Gasteiger partial charge is 0.251 e. The van der Waals surface area contributed by atoms with Crippen molar-refractivity contribution >= 4 is 5.91 Å². The van der Waals surface area contributed by atoms with Gasteiger partial charge in [-0.25, -0.2) is 9.97 Å². The van der Waals surface area contributed by atoms with Crippen LogP contribution >= 0.6 is 0 Å². The highest BCUT2D eigenvalue weighted by molar-refractivity contribution is 5.94. The Hall–Kier alpha value is -3.45. The molecule has 154 valence electrons. The van der Waals surface area contributed by atoms with Gasteiger partial charge in [-0.05, 0) is 49.2 Å². The third kappa shape index (κ3) is 4.93. The molecule has 0 aliphatic carbocycles. The van der Waals surface area contributed by atoms with Gasteiger partial charge in [-0.2, -0.15) is 0 Å². The van der Waals surface area contributed by atoms with Crippen molar-refractivity contribution in [3.8, 4) is 28.6 Å². The minimum absolute atomic E-state index is 0.108. The van der Waals surface area contributed by atoms with Gasteiger partial charge < -0.3 is 19.5 Å². The predicted molar refractivity (Wildman–Crippen MR) is 112 cm³/mol. The number of carbonyl (C=O) groups excluding carboxylic acids is 1. The molecule has 3 aromatic rings. The number of nitrogens with one attached hydrogen (secondary N) is 1. The highest BCUT2D eigenvalue weighted by Gasteiger charge is 2.16. The van der Waals surface area contributed by atoms with E-state index >= 15 is 0 Å². The van der Waals surface area contributed by atoms with E-state index in [0.29, 0.717) is 29.4 Å². The van der Waals surface area contributed by atoms with Crippen LogP contribution in [0.5, 0.6) is 17.4 Å². The fourth-order valence-corrected chi connectivity index (χ4v) is 3.22. The Labute approximate surface area is 175 Å². The minimum Gasteiger partial charge on any atom is -0.497 e. The quantitative estimate of drug-likeness (QED) is 0.643. The topological polar surface area (TPSA) is 82.6 Å². The monoisotopic (exact) mass is 405 g/mol. The molecule has 7 heteroatoms. The van der Waals surface area contributed by atoms with Crippen LogP contribution in [0.2, 0.25) is 0 Å². The number of methoxy groups -OCH3 is 1. The average molecular weight is 405 g/mol. The molecule has 1 fully saturated rings. The average Bonchev–Trinajstić information content (AvgIpc) is 3.32. The van der Waals surface area contributed by atoms with Crippen LogP contribution in [0.1, 0.15) is 23.2 Å². The Morgan fingerprint density at radius 1 is 1.10 bits per heavy atom. The Balaban J connectivity index is 1.40. The maximum absolute atomic E-state index is 12.3. The molecule has 1 aliphatic heterocycles. The molecule has 1 aliphatic rings. The van der Waals surface area contributed by atoms with E-state index in [4.69, 9.17) is 14.2 Å². The largest absolute Gasteiger partial charge is 0.497 e. The molecule has 1 N–H and O–H groups in total. The second kappa shape index (κ2) is 9.37. The first-order chi connectivity index (χ1) is 14.7. The van der Waals surface area contributed by atoms with Crippen molar-refractivity contribution in [2.45, 2.75) is 18.9 Å². The van der Waals surface area contributed by atoms with Crippen LogP contribution in [-0.4, -0.2) is 42.2 Å². The molecule has 1 amide bonds. The van der Waals surface area contributed by atoms with Crippen molar-refractivity contribution in [2.75, 3.05) is 20.3 Å². The van der Waals surface area contributed by atoms with Crippen LogP contribution in [0.3, 0.4) is 0 Å². The van der Waals surface area contributed by atoms with Crippen LogP contribution in [0, 0.1) is 0 Å². The molecule has 1 unspecified atom stereocenters. The van der Waals surface area contributed by atoms with Gasteiger partial charge in [0.2, 0.25) is 5.88 Å². The predicted octanol–water partition coefficient (Wildman–Crippen LogP) is 3.85. The van der Waals surface area contributed by atoms with Crippen molar-refractivity contribution in [1.29, 1.82) is 0 Å². The molecule has 1 atom stereocenters. The van der Waals surface area contributed by atoms with E-state index in [1.54, 1.807) is 25.3 Å². The van der Waals surface area contributed by atoms with Gasteiger partial charge in [0, 0.05) is 30.3 Å². The Kier molecular flexibility index (Phi) is 6.20. The summed E-state index contributed by atoms with van der Waals surface area (Å²) >= 11 is 0. The summed E-state index contributed by atoms with van der Waals surface area (Å²) in [5.74, 6) is 1.73. The molecule has 1 aromatic heterocycles. The van der Waals surface area contributed by atoms with Gasteiger partial charge in [-0.1, -0.05) is 12.1 Å². The first-order valence-corrected chi connectivity index (χ1v) is 9.85. The zero-order valence-corrected chi connectivity index (χ0v) is 16.7. The normalized spacial score (nSPS) is 15.6. The molecule has 2 aromatic carbocycles. The molecule has 0 radical (unpaired) electrons. The summed E-state index contributed by atoms with van der Waals surface area (Å²) in [6.45, 7) is 1.32. The molecule has 4 rings (SSSR count). The summed E-state index contributed by atoms with van der Waals surface area (Å²) < 4.78 is 16.5. The molecule has 0 spiro atoms. The van der Waals surface area contributed by atoms with Crippen molar-refractivity contribution in [2.24, 2.45) is 0 Å². The highest BCUT2D eigenvalue weighted by Crippen LogP contribution is 2.25. The summed E-state index contributed by atoms with van der Waals surface area (Å²) in [5, 5.41) is 2.93. The number of hydrogen-bond acceptors (Lipinski definition) is 6. The Morgan fingerprint density at radius 3 is 2.57 bits per heavy atom. The number of amides is 1. The van der Waals surface area contributed by atoms with Gasteiger partial charge in [0.15, 0.2) is 0 Å². The lowest BCUT2D eigenvalue weighted by atomic mass is 10.1. The third-order valence-electron chi connectivity index (χ3n) is 4.88. The first kappa shape index (κ1) is 19.8. The molecule has 0 saturated carbocycles. The minimum atomic E-state index is -0.108. The van der Waals surface area contributed by atoms with Gasteiger partial charge in [0.05, 0.1) is 18.9 Å². The van der Waals surface area contributed by atoms with Crippen LogP contribution < -0.4 is 14.8 Å². The number of ether oxygens (including phenoxy) is 3. The number of benzene rings is 2. The van der Waals surface area contributed by atoms with Crippen molar-refractivity contribution in [3.05, 3.63) is 66.5 Å². The van der Waals surface area contributed by atoms with Gasteiger partial charge in [0.25, 0.3) is 5.91 Å². The van der Waals surface area contributed by atoms with E-state index in [1.807, 2.05) is 36.4 Å². The molecule has 2 heterocycles. The number of hydrogen-bond donors (Lipinski definition) is 1. The van der Waals surface area contributed by atoms with Crippen LogP contribution in [0.25, 0.3) is 11.3 Å². The van der Waals surface area contributed by atoms with E-state index < -0.39 is 0 Å². The zero-order valence-electron chi connectivity index (χ0n) is 16.7. The van der Waals surface area contributed by atoms with E-state index in [2.05, 4.69) is 15.3 Å². The van der Waals surface area contributed by atoms with Crippen LogP contribution in [0.4, 0.5) is 0 Å². The maximum Gasteiger partial charge on any atom is 0.251 e. The Morgan fingerprint density at radius 2 is 1.87 bits per heavy atom. The zero-order chi connectivity index (χ0) is 20.8. The molecular weight excluding hydrogens is 382 g/mol. The van der Waals surface area contributed by atoms with Crippen molar-refractivity contribution in [3.63, 3.8) is 0 Å². The molecule has 0 bridgehead atoms. The van der Waals surface area contributed by atoms with Gasteiger partial charge in [0.1, 0.15) is 17.8 Å². The summed E-state index contributed by atoms with van der Waals surface area (Å²) in [4.78, 5) is 20.8. The second-order valence-electron chi connectivity index (χ2n) is 6.94. The lowest BCUT2D eigenvalue weighted by Crippen LogP contribution is -2.31. The third-order valence-corrected chi connectivity index (χ3v) is 4.88. The number of nitrogens with zero attached hydrogens (tertiary/aromatic N) is 2. The highest BCUT2D eigenvalue weighted by atomic mass is 16.5. The molecular formula is C23H23N3O4. The van der Waals surface area contributed by atoms with Crippen molar-refractivity contribution in [1.82, 2.24) is 15.3 Å². The van der Waals surface area contributed by atoms with Crippen LogP contribution in [-0.2, 0) is 4.74 Å². The van der Waals surface area contributed by atoms with E-state index in [0.717, 1.165) is 30.8 Å². The standard InChI is InChI=1S/C23H23N3O4/c1-28-18-8-10-19(11-9-18)30-22-13-21(25-15-26-22)16-4-6-17(7-5-16)23(27)24-14-20-3-2-12-29-20/h4-11,13,15,20H,2-3,12,14H2,1H3,(H,24,27). The van der Waals surface area contributed by atoms with E-state index in [1.165, 1.54) is 6.33 Å².